The number of carboxylic acid groups (broad SMARTS) is 1. The molecule has 0 bridgehead atoms. The first kappa shape index (κ1) is 15.9. The summed E-state index contributed by atoms with van der Waals surface area (Å²) < 4.78 is 27.0. The van der Waals surface area contributed by atoms with Crippen molar-refractivity contribution in [2.24, 2.45) is 5.92 Å². The van der Waals surface area contributed by atoms with Crippen LogP contribution in [-0.2, 0) is 10.0 Å². The van der Waals surface area contributed by atoms with Gasteiger partial charge in [-0.05, 0) is 47.2 Å². The van der Waals surface area contributed by atoms with E-state index >= 15 is 0 Å². The lowest BCUT2D eigenvalue weighted by molar-refractivity contribution is 0.0702. The predicted molar refractivity (Wildman–Crippen MR) is 80.8 cm³/mol. The van der Waals surface area contributed by atoms with Crippen LogP contribution in [0.2, 0.25) is 0 Å². The van der Waals surface area contributed by atoms with Gasteiger partial charge in [0.05, 0.1) is 3.79 Å². The van der Waals surface area contributed by atoms with Crippen molar-refractivity contribution in [3.8, 4) is 0 Å². The molecular formula is C12H16BrNO4S2. The average Bonchev–Trinajstić information content (AvgIpc) is 2.62. The number of sulfonamides is 1. The summed E-state index contributed by atoms with van der Waals surface area (Å²) in [6.45, 7) is 3.12. The molecule has 1 fully saturated rings. The summed E-state index contributed by atoms with van der Waals surface area (Å²) in [4.78, 5) is 11.0. The van der Waals surface area contributed by atoms with Crippen LogP contribution < -0.4 is 0 Å². The average molecular weight is 382 g/mol. The molecule has 8 heteroatoms. The second kappa shape index (κ2) is 6.13. The zero-order valence-corrected chi connectivity index (χ0v) is 14.2. The first-order valence-corrected chi connectivity index (χ1v) is 9.40. The van der Waals surface area contributed by atoms with Gasteiger partial charge in [-0.1, -0.05) is 6.92 Å². The number of hydrogen-bond donors (Lipinski definition) is 1. The highest BCUT2D eigenvalue weighted by molar-refractivity contribution is 9.11. The van der Waals surface area contributed by atoms with Crippen molar-refractivity contribution in [1.29, 1.82) is 0 Å². The van der Waals surface area contributed by atoms with Crippen LogP contribution in [-0.4, -0.2) is 36.9 Å². The van der Waals surface area contributed by atoms with Gasteiger partial charge in [0.2, 0.25) is 10.0 Å². The third-order valence-corrected chi connectivity index (χ3v) is 7.60. The Morgan fingerprint density at radius 1 is 1.45 bits per heavy atom. The van der Waals surface area contributed by atoms with E-state index in [-0.39, 0.29) is 9.77 Å². The molecule has 1 aromatic rings. The van der Waals surface area contributed by atoms with Crippen molar-refractivity contribution in [1.82, 2.24) is 4.31 Å². The van der Waals surface area contributed by atoms with Crippen molar-refractivity contribution in [3.05, 3.63) is 14.7 Å². The van der Waals surface area contributed by atoms with Gasteiger partial charge in [0.25, 0.3) is 0 Å². The summed E-state index contributed by atoms with van der Waals surface area (Å²) in [5, 5.41) is 8.96. The minimum Gasteiger partial charge on any atom is -0.477 e. The molecule has 1 aliphatic heterocycles. The molecule has 0 aliphatic carbocycles. The summed E-state index contributed by atoms with van der Waals surface area (Å²) in [6.07, 6.45) is 2.71. The lowest BCUT2D eigenvalue weighted by Crippen LogP contribution is -2.32. The van der Waals surface area contributed by atoms with Gasteiger partial charge in [0.15, 0.2) is 0 Å². The highest BCUT2D eigenvalue weighted by Gasteiger charge is 2.30. The van der Waals surface area contributed by atoms with Crippen molar-refractivity contribution < 1.29 is 18.3 Å². The number of aromatic carboxylic acids is 1. The molecule has 1 unspecified atom stereocenters. The zero-order chi connectivity index (χ0) is 14.9. The van der Waals surface area contributed by atoms with E-state index in [9.17, 15) is 13.2 Å². The summed E-state index contributed by atoms with van der Waals surface area (Å²) in [5.41, 5.74) is 0. The number of halogens is 1. The smallest absolute Gasteiger partial charge is 0.345 e. The zero-order valence-electron chi connectivity index (χ0n) is 11.0. The highest BCUT2D eigenvalue weighted by atomic mass is 79.9. The maximum Gasteiger partial charge on any atom is 0.345 e. The number of nitrogens with zero attached hydrogens (tertiary/aromatic N) is 1. The molecule has 0 amide bonds. The van der Waals surface area contributed by atoms with Crippen LogP contribution in [0.1, 0.15) is 35.9 Å². The number of thiophene rings is 1. The van der Waals surface area contributed by atoms with E-state index < -0.39 is 16.0 Å². The molecule has 0 saturated carbocycles. The first-order chi connectivity index (χ1) is 9.32. The molecule has 1 aromatic heterocycles. The maximum atomic E-state index is 12.6. The van der Waals surface area contributed by atoms with Crippen molar-refractivity contribution in [3.63, 3.8) is 0 Å². The topological polar surface area (TPSA) is 74.7 Å². The minimum atomic E-state index is -3.62. The molecule has 2 rings (SSSR count). The Balaban J connectivity index is 2.32. The van der Waals surface area contributed by atoms with Crippen LogP contribution in [0, 0.1) is 5.92 Å². The van der Waals surface area contributed by atoms with Crippen LogP contribution >= 0.6 is 27.3 Å². The van der Waals surface area contributed by atoms with Crippen molar-refractivity contribution in [2.75, 3.05) is 13.1 Å². The van der Waals surface area contributed by atoms with Crippen molar-refractivity contribution >= 4 is 43.3 Å². The molecule has 1 N–H and O–H groups in total. The summed E-state index contributed by atoms with van der Waals surface area (Å²) >= 11 is 4.10. The lowest BCUT2D eigenvalue weighted by Gasteiger charge is -2.19. The Hall–Kier alpha value is -0.440. The first-order valence-electron chi connectivity index (χ1n) is 6.35. The van der Waals surface area contributed by atoms with Gasteiger partial charge in [-0.3, -0.25) is 0 Å². The number of carboxylic acids is 1. The molecule has 0 radical (unpaired) electrons. The van der Waals surface area contributed by atoms with Gasteiger partial charge >= 0.3 is 5.97 Å². The second-order valence-electron chi connectivity index (χ2n) is 4.99. The number of hydrogen-bond acceptors (Lipinski definition) is 4. The third-order valence-electron chi connectivity index (χ3n) is 3.46. The Bertz CT molecular complexity index is 611. The Morgan fingerprint density at radius 3 is 2.75 bits per heavy atom. The quantitative estimate of drug-likeness (QED) is 0.872. The van der Waals surface area contributed by atoms with Gasteiger partial charge in [0, 0.05) is 13.1 Å². The van der Waals surface area contributed by atoms with E-state index in [2.05, 4.69) is 22.9 Å². The van der Waals surface area contributed by atoms with E-state index in [1.54, 1.807) is 0 Å². The molecule has 1 aliphatic rings. The fraction of sp³-hybridized carbons (Fsp3) is 0.583. The van der Waals surface area contributed by atoms with Gasteiger partial charge in [-0.25, -0.2) is 13.2 Å². The molecule has 20 heavy (non-hydrogen) atoms. The minimum absolute atomic E-state index is 0.0265. The van der Waals surface area contributed by atoms with Crippen LogP contribution in [0.5, 0.6) is 0 Å². The van der Waals surface area contributed by atoms with Gasteiger partial charge in [-0.2, -0.15) is 4.31 Å². The van der Waals surface area contributed by atoms with E-state index in [0.717, 1.165) is 30.6 Å². The molecular weight excluding hydrogens is 366 g/mol. The monoisotopic (exact) mass is 381 g/mol. The van der Waals surface area contributed by atoms with E-state index in [0.29, 0.717) is 22.8 Å². The van der Waals surface area contributed by atoms with Crippen LogP contribution in [0.25, 0.3) is 0 Å². The maximum absolute atomic E-state index is 12.6. The van der Waals surface area contributed by atoms with E-state index in [1.165, 1.54) is 10.4 Å². The largest absolute Gasteiger partial charge is 0.477 e. The molecule has 1 saturated heterocycles. The van der Waals surface area contributed by atoms with Crippen LogP contribution in [0.4, 0.5) is 0 Å². The third kappa shape index (κ3) is 3.24. The summed E-state index contributed by atoms with van der Waals surface area (Å²) in [7, 11) is -3.62. The van der Waals surface area contributed by atoms with E-state index in [1.807, 2.05) is 0 Å². The molecule has 112 valence electrons. The number of rotatable bonds is 3. The highest BCUT2D eigenvalue weighted by Crippen LogP contribution is 2.34. The molecule has 5 nitrogen and oxygen atoms in total. The molecule has 2 heterocycles. The molecule has 1 atom stereocenters. The van der Waals surface area contributed by atoms with Gasteiger partial charge in [0.1, 0.15) is 9.77 Å². The standard InChI is InChI=1S/C12H16BrNO4S2/c1-8-3-2-5-14(6-4-8)20(17,18)10-7-9(12(15)16)19-11(10)13/h7-8H,2-6H2,1H3,(H,15,16). The van der Waals surface area contributed by atoms with Gasteiger partial charge in [-0.15, -0.1) is 11.3 Å². The fourth-order valence-electron chi connectivity index (χ4n) is 2.25. The number of carbonyl (C=O) groups is 1. The second-order valence-corrected chi connectivity index (χ2v) is 9.27. The fourth-order valence-corrected chi connectivity index (χ4v) is 6.10. The summed E-state index contributed by atoms with van der Waals surface area (Å²) in [6, 6.07) is 1.24. The Morgan fingerprint density at radius 2 is 2.15 bits per heavy atom. The molecule has 0 spiro atoms. The van der Waals surface area contributed by atoms with Crippen LogP contribution in [0.15, 0.2) is 14.7 Å². The predicted octanol–water partition coefficient (Wildman–Crippen LogP) is 3.02. The lowest BCUT2D eigenvalue weighted by atomic mass is 10.0. The van der Waals surface area contributed by atoms with E-state index in [4.69, 9.17) is 5.11 Å². The van der Waals surface area contributed by atoms with Crippen molar-refractivity contribution in [2.45, 2.75) is 31.1 Å². The molecule has 0 aromatic carbocycles. The SMILES string of the molecule is CC1CCCN(S(=O)(=O)c2cc(C(=O)O)sc2Br)CC1. The Kier molecular flexibility index (Phi) is 4.88. The van der Waals surface area contributed by atoms with Gasteiger partial charge < -0.3 is 5.11 Å². The normalized spacial score (nSPS) is 21.6. The summed E-state index contributed by atoms with van der Waals surface area (Å²) in [5.74, 6) is -0.586. The van der Waals surface area contributed by atoms with Crippen LogP contribution in [0.3, 0.4) is 0 Å². The Labute approximate surface area is 130 Å².